The maximum atomic E-state index is 12.9. The molecule has 29 heavy (non-hydrogen) atoms. The van der Waals surface area contributed by atoms with Crippen LogP contribution in [0.25, 0.3) is 0 Å². The molecule has 8 heteroatoms. The molecule has 0 aliphatic carbocycles. The molecule has 0 bridgehead atoms. The predicted octanol–water partition coefficient (Wildman–Crippen LogP) is 3.00. The minimum atomic E-state index is -0.423. The maximum absolute atomic E-state index is 12.9. The van der Waals surface area contributed by atoms with Crippen LogP contribution in [0, 0.1) is 5.92 Å². The molecular weight excluding hydrogens is 390 g/mol. The van der Waals surface area contributed by atoms with Crippen molar-refractivity contribution in [3.8, 4) is 0 Å². The standard InChI is InChI=1S/C21H29N3O4S/c1-6-24-14(4)18(20(26)28-11-13(2)3)19(23-21(24)29)15-7-9-16(10-8-15)22-17(25)12-27-5/h7-10,13,19H,6,11-12H2,1-5H3,(H,22,25)(H,23,29)/t19-/m1/s1. The highest BCUT2D eigenvalue weighted by Crippen LogP contribution is 2.32. The number of allylic oxidation sites excluding steroid dienone is 1. The number of methoxy groups -OCH3 is 1. The normalized spacial score (nSPS) is 16.7. The van der Waals surface area contributed by atoms with E-state index in [0.717, 1.165) is 11.3 Å². The minimum Gasteiger partial charge on any atom is -0.462 e. The van der Waals surface area contributed by atoms with Crippen LogP contribution >= 0.6 is 12.2 Å². The first-order chi connectivity index (χ1) is 13.8. The second kappa shape index (κ2) is 10.4. The van der Waals surface area contributed by atoms with E-state index in [0.29, 0.717) is 29.5 Å². The first-order valence-electron chi connectivity index (χ1n) is 9.63. The number of amides is 1. The molecule has 1 aromatic carbocycles. The third-order valence-corrected chi connectivity index (χ3v) is 4.82. The monoisotopic (exact) mass is 419 g/mol. The Balaban J connectivity index is 2.32. The molecular formula is C21H29N3O4S. The molecule has 1 atom stereocenters. The van der Waals surface area contributed by atoms with Crippen molar-refractivity contribution in [2.75, 3.05) is 32.2 Å². The van der Waals surface area contributed by atoms with Gasteiger partial charge in [0.2, 0.25) is 5.91 Å². The zero-order chi connectivity index (χ0) is 21.6. The van der Waals surface area contributed by atoms with Crippen molar-refractivity contribution < 1.29 is 19.1 Å². The van der Waals surface area contributed by atoms with Crippen LogP contribution in [0.4, 0.5) is 5.69 Å². The highest BCUT2D eigenvalue weighted by molar-refractivity contribution is 7.80. The molecule has 1 aliphatic rings. The Bertz CT molecular complexity index is 790. The summed E-state index contributed by atoms with van der Waals surface area (Å²) >= 11 is 5.50. The quantitative estimate of drug-likeness (QED) is 0.495. The van der Waals surface area contributed by atoms with E-state index in [4.69, 9.17) is 21.7 Å². The Morgan fingerprint density at radius 1 is 1.28 bits per heavy atom. The van der Waals surface area contributed by atoms with Crippen LogP contribution in [0.15, 0.2) is 35.5 Å². The van der Waals surface area contributed by atoms with Gasteiger partial charge in [-0.1, -0.05) is 26.0 Å². The fourth-order valence-corrected chi connectivity index (χ4v) is 3.47. The molecule has 0 spiro atoms. The van der Waals surface area contributed by atoms with Crippen LogP contribution in [0.2, 0.25) is 0 Å². The highest BCUT2D eigenvalue weighted by Gasteiger charge is 2.34. The van der Waals surface area contributed by atoms with Crippen LogP contribution < -0.4 is 10.6 Å². The zero-order valence-electron chi connectivity index (χ0n) is 17.6. The third-order valence-electron chi connectivity index (χ3n) is 4.48. The van der Waals surface area contributed by atoms with E-state index in [2.05, 4.69) is 10.6 Å². The molecule has 1 aliphatic heterocycles. The molecule has 158 valence electrons. The summed E-state index contributed by atoms with van der Waals surface area (Å²) in [6.07, 6.45) is 0. The number of nitrogens with one attached hydrogen (secondary N) is 2. The van der Waals surface area contributed by atoms with Crippen molar-refractivity contribution in [2.45, 2.75) is 33.7 Å². The van der Waals surface area contributed by atoms with E-state index in [9.17, 15) is 9.59 Å². The van der Waals surface area contributed by atoms with E-state index in [1.54, 1.807) is 12.1 Å². The summed E-state index contributed by atoms with van der Waals surface area (Å²) in [7, 11) is 1.47. The lowest BCUT2D eigenvalue weighted by Gasteiger charge is -2.37. The lowest BCUT2D eigenvalue weighted by molar-refractivity contribution is -0.140. The van der Waals surface area contributed by atoms with Crippen molar-refractivity contribution in [1.29, 1.82) is 0 Å². The highest BCUT2D eigenvalue weighted by atomic mass is 32.1. The number of benzene rings is 1. The van der Waals surface area contributed by atoms with Gasteiger partial charge in [-0.05, 0) is 49.7 Å². The van der Waals surface area contributed by atoms with Gasteiger partial charge < -0.3 is 25.0 Å². The Kier molecular flexibility index (Phi) is 8.16. The lowest BCUT2D eigenvalue weighted by atomic mass is 9.94. The number of carbonyl (C=O) groups excluding carboxylic acids is 2. The maximum Gasteiger partial charge on any atom is 0.338 e. The van der Waals surface area contributed by atoms with Crippen molar-refractivity contribution in [3.05, 3.63) is 41.1 Å². The summed E-state index contributed by atoms with van der Waals surface area (Å²) in [6, 6.07) is 6.85. The molecule has 0 fully saturated rings. The topological polar surface area (TPSA) is 79.9 Å². The van der Waals surface area contributed by atoms with E-state index in [1.165, 1.54) is 7.11 Å². The average Bonchev–Trinajstić information content (AvgIpc) is 2.66. The number of carbonyl (C=O) groups is 2. The van der Waals surface area contributed by atoms with Gasteiger partial charge in [-0.3, -0.25) is 4.79 Å². The fraction of sp³-hybridized carbons (Fsp3) is 0.476. The number of esters is 1. The van der Waals surface area contributed by atoms with E-state index < -0.39 is 6.04 Å². The van der Waals surface area contributed by atoms with E-state index in [1.807, 2.05) is 44.7 Å². The number of hydrogen-bond donors (Lipinski definition) is 2. The summed E-state index contributed by atoms with van der Waals surface area (Å²) in [5.74, 6) is -0.343. The number of rotatable bonds is 8. The minimum absolute atomic E-state index is 0.0131. The van der Waals surface area contributed by atoms with Crippen LogP contribution in [-0.2, 0) is 19.1 Å². The SMILES string of the molecule is CCN1C(=S)N[C@H](c2ccc(NC(=O)COC)cc2)C(C(=O)OCC(C)C)=C1C. The summed E-state index contributed by atoms with van der Waals surface area (Å²) in [5, 5.41) is 6.57. The third kappa shape index (κ3) is 5.77. The number of thiocarbonyl (C=S) groups is 1. The molecule has 7 nitrogen and oxygen atoms in total. The largest absolute Gasteiger partial charge is 0.462 e. The van der Waals surface area contributed by atoms with Crippen LogP contribution in [0.1, 0.15) is 39.3 Å². The molecule has 0 unspecified atom stereocenters. The van der Waals surface area contributed by atoms with Crippen LogP contribution in [0.3, 0.4) is 0 Å². The summed E-state index contributed by atoms with van der Waals surface area (Å²) in [6.45, 7) is 8.84. The van der Waals surface area contributed by atoms with Gasteiger partial charge in [0.15, 0.2) is 5.11 Å². The molecule has 2 rings (SSSR count). The molecule has 1 amide bonds. The molecule has 0 saturated heterocycles. The Morgan fingerprint density at radius 3 is 2.48 bits per heavy atom. The van der Waals surface area contributed by atoms with Crippen molar-refractivity contribution >= 4 is 34.9 Å². The van der Waals surface area contributed by atoms with Gasteiger partial charge in [0, 0.05) is 25.0 Å². The van der Waals surface area contributed by atoms with Gasteiger partial charge in [0.25, 0.3) is 0 Å². The number of nitrogens with zero attached hydrogens (tertiary/aromatic N) is 1. The Morgan fingerprint density at radius 2 is 1.93 bits per heavy atom. The second-order valence-electron chi connectivity index (χ2n) is 7.22. The van der Waals surface area contributed by atoms with Crippen molar-refractivity contribution in [3.63, 3.8) is 0 Å². The van der Waals surface area contributed by atoms with Gasteiger partial charge >= 0.3 is 5.97 Å². The first kappa shape index (κ1) is 22.8. The van der Waals surface area contributed by atoms with Crippen LogP contribution in [-0.4, -0.2) is 48.8 Å². The molecule has 1 heterocycles. The number of ether oxygens (including phenoxy) is 2. The number of anilines is 1. The van der Waals surface area contributed by atoms with Gasteiger partial charge in [-0.2, -0.15) is 0 Å². The molecule has 0 saturated carbocycles. The van der Waals surface area contributed by atoms with Gasteiger partial charge in [0.1, 0.15) is 6.61 Å². The summed E-state index contributed by atoms with van der Waals surface area (Å²) in [4.78, 5) is 26.5. The summed E-state index contributed by atoms with van der Waals surface area (Å²) < 4.78 is 10.3. The van der Waals surface area contributed by atoms with E-state index in [-0.39, 0.29) is 24.4 Å². The van der Waals surface area contributed by atoms with Gasteiger partial charge in [-0.25, -0.2) is 4.79 Å². The van der Waals surface area contributed by atoms with Gasteiger partial charge in [-0.15, -0.1) is 0 Å². The van der Waals surface area contributed by atoms with Crippen LogP contribution in [0.5, 0.6) is 0 Å². The molecule has 1 aromatic rings. The van der Waals surface area contributed by atoms with E-state index >= 15 is 0 Å². The molecule has 0 radical (unpaired) electrons. The second-order valence-corrected chi connectivity index (χ2v) is 7.61. The van der Waals surface area contributed by atoms with Crippen molar-refractivity contribution in [1.82, 2.24) is 10.2 Å². The molecule has 2 N–H and O–H groups in total. The van der Waals surface area contributed by atoms with Crippen molar-refractivity contribution in [2.24, 2.45) is 5.92 Å². The summed E-state index contributed by atoms with van der Waals surface area (Å²) in [5.41, 5.74) is 2.82. The Hall–Kier alpha value is -2.45. The molecule has 0 aromatic heterocycles. The predicted molar refractivity (Wildman–Crippen MR) is 116 cm³/mol. The first-order valence-corrected chi connectivity index (χ1v) is 10.0. The fourth-order valence-electron chi connectivity index (χ4n) is 3.08. The smallest absolute Gasteiger partial charge is 0.338 e. The van der Waals surface area contributed by atoms with Gasteiger partial charge in [0.05, 0.1) is 18.2 Å². The number of hydrogen-bond acceptors (Lipinski definition) is 5. The zero-order valence-corrected chi connectivity index (χ0v) is 18.4. The Labute approximate surface area is 177 Å². The lowest BCUT2D eigenvalue weighted by Crippen LogP contribution is -2.47. The average molecular weight is 420 g/mol.